The third-order valence-corrected chi connectivity index (χ3v) is 12.6. The van der Waals surface area contributed by atoms with Crippen LogP contribution in [0.2, 0.25) is 5.02 Å². The highest BCUT2D eigenvalue weighted by Gasteiger charge is 2.56. The summed E-state index contributed by atoms with van der Waals surface area (Å²) < 4.78 is 81.9. The van der Waals surface area contributed by atoms with Gasteiger partial charge in [-0.1, -0.05) is 17.7 Å². The van der Waals surface area contributed by atoms with E-state index in [-0.39, 0.29) is 110 Å². The Hall–Kier alpha value is -4.17. The fourth-order valence-corrected chi connectivity index (χ4v) is 9.99. The molecule has 1 saturated carbocycles. The average molecular weight is 759 g/mol. The van der Waals surface area contributed by atoms with Crippen LogP contribution in [-0.2, 0) is 4.74 Å². The van der Waals surface area contributed by atoms with E-state index < -0.39 is 41.1 Å². The molecule has 52 heavy (non-hydrogen) atoms. The van der Waals surface area contributed by atoms with E-state index in [1.54, 1.807) is 4.90 Å². The van der Waals surface area contributed by atoms with Crippen LogP contribution in [0.25, 0.3) is 32.1 Å². The first kappa shape index (κ1) is 33.7. The molecule has 2 aromatic heterocycles. The Bertz CT molecular complexity index is 2210. The lowest BCUT2D eigenvalue weighted by Gasteiger charge is -2.37. The van der Waals surface area contributed by atoms with Gasteiger partial charge in [-0.3, -0.25) is 10.2 Å². The number of hydrogen-bond donors (Lipinski definition) is 2. The second-order valence-electron chi connectivity index (χ2n) is 14.2. The van der Waals surface area contributed by atoms with Crippen molar-refractivity contribution in [3.8, 4) is 29.0 Å². The van der Waals surface area contributed by atoms with Gasteiger partial charge < -0.3 is 24.2 Å². The second kappa shape index (κ2) is 12.2. The number of nitriles is 1. The molecule has 3 saturated heterocycles. The molecule has 1 amide bonds. The first-order chi connectivity index (χ1) is 25.0. The van der Waals surface area contributed by atoms with Crippen LogP contribution < -0.4 is 19.7 Å². The lowest BCUT2D eigenvalue weighted by Crippen LogP contribution is -2.52. The first-order valence-electron chi connectivity index (χ1n) is 17.1. The molecule has 2 aromatic carbocycles. The highest BCUT2D eigenvalue weighted by Crippen LogP contribution is 2.54. The van der Waals surface area contributed by atoms with Gasteiger partial charge in [-0.05, 0) is 50.3 Å². The molecule has 1 aliphatic carbocycles. The molecule has 4 fully saturated rings. The highest BCUT2D eigenvalue weighted by molar-refractivity contribution is 7.23. The minimum atomic E-state index is -1.63. The summed E-state index contributed by atoms with van der Waals surface area (Å²) in [7, 11) is 0. The molecule has 272 valence electrons. The predicted octanol–water partition coefficient (Wildman–Crippen LogP) is 7.22. The number of ether oxygens (including phenoxy) is 3. The molecule has 6 heterocycles. The van der Waals surface area contributed by atoms with Gasteiger partial charge in [0.25, 0.3) is 0 Å². The van der Waals surface area contributed by atoms with Crippen LogP contribution in [0.3, 0.4) is 0 Å². The van der Waals surface area contributed by atoms with Gasteiger partial charge in [0.15, 0.2) is 11.6 Å². The van der Waals surface area contributed by atoms with Gasteiger partial charge in [0, 0.05) is 30.5 Å². The van der Waals surface area contributed by atoms with E-state index in [0.29, 0.717) is 37.3 Å². The number of nitrogens with zero attached hydrogens (tertiary/aromatic N) is 5. The molecule has 11 nitrogen and oxygen atoms in total. The summed E-state index contributed by atoms with van der Waals surface area (Å²) in [5.74, 6) is -1.60. The Morgan fingerprint density at radius 1 is 1.23 bits per heavy atom. The number of aromatic nitrogens is 2. The number of carbonyl (C=O) groups is 1. The van der Waals surface area contributed by atoms with Crippen molar-refractivity contribution in [1.82, 2.24) is 14.9 Å². The maximum atomic E-state index is 17.4. The molecular formula is C35H31ClF4N6O5S. The van der Waals surface area contributed by atoms with Crippen LogP contribution in [0.1, 0.15) is 44.1 Å². The van der Waals surface area contributed by atoms with Crippen molar-refractivity contribution in [1.29, 1.82) is 5.26 Å². The summed E-state index contributed by atoms with van der Waals surface area (Å²) >= 11 is 7.75. The van der Waals surface area contributed by atoms with Gasteiger partial charge in [0.2, 0.25) is 0 Å². The number of nitrogens with one attached hydrogen (secondary N) is 1. The summed E-state index contributed by atoms with van der Waals surface area (Å²) in [6.07, 6.45) is 0.477. The Morgan fingerprint density at radius 2 is 2.06 bits per heavy atom. The lowest BCUT2D eigenvalue weighted by molar-refractivity contribution is 0.107. The third kappa shape index (κ3) is 5.14. The van der Waals surface area contributed by atoms with Crippen molar-refractivity contribution in [2.75, 3.05) is 49.7 Å². The van der Waals surface area contributed by atoms with Crippen LogP contribution in [0.15, 0.2) is 12.1 Å². The van der Waals surface area contributed by atoms with Gasteiger partial charge in [-0.15, -0.1) is 11.3 Å². The Kier molecular flexibility index (Phi) is 7.89. The van der Waals surface area contributed by atoms with Crippen molar-refractivity contribution in [2.45, 2.75) is 68.0 Å². The highest BCUT2D eigenvalue weighted by atomic mass is 35.5. The number of hydrogen-bond acceptors (Lipinski definition) is 10. The Labute approximate surface area is 303 Å². The maximum absolute atomic E-state index is 17.4. The summed E-state index contributed by atoms with van der Waals surface area (Å²) in [4.78, 5) is 24.8. The minimum absolute atomic E-state index is 0.0130. The van der Waals surface area contributed by atoms with Gasteiger partial charge in [-0.2, -0.15) is 15.2 Å². The van der Waals surface area contributed by atoms with Crippen LogP contribution >= 0.6 is 22.9 Å². The number of halogens is 5. The number of thiophene rings is 1. The number of carboxylic acid groups (broad SMARTS) is 1. The van der Waals surface area contributed by atoms with Gasteiger partial charge in [0.1, 0.15) is 53.3 Å². The smallest absolute Gasteiger partial charge is 0.409 e. The number of alkyl halides is 2. The molecule has 4 atom stereocenters. The van der Waals surface area contributed by atoms with Crippen LogP contribution in [0.4, 0.5) is 33.2 Å². The number of benzene rings is 2. The molecule has 2 N–H and O–H groups in total. The third-order valence-electron chi connectivity index (χ3n) is 11.2. The fraction of sp³-hybridized carbons (Fsp3) is 0.486. The molecular weight excluding hydrogens is 728 g/mol. The number of amides is 1. The molecule has 1 unspecified atom stereocenters. The molecule has 4 aromatic rings. The topological polar surface area (TPSA) is 133 Å². The quantitative estimate of drug-likeness (QED) is 0.186. The minimum Gasteiger partial charge on any atom is -0.489 e. The van der Waals surface area contributed by atoms with Crippen molar-refractivity contribution in [3.05, 3.63) is 34.4 Å². The van der Waals surface area contributed by atoms with E-state index in [4.69, 9.17) is 30.8 Å². The maximum Gasteiger partial charge on any atom is 0.409 e. The zero-order valence-corrected chi connectivity index (χ0v) is 29.1. The number of rotatable bonds is 7. The molecule has 4 aliphatic heterocycles. The molecule has 9 rings (SSSR count). The lowest BCUT2D eigenvalue weighted by atomic mass is 9.95. The Morgan fingerprint density at radius 3 is 2.79 bits per heavy atom. The molecule has 0 spiro atoms. The van der Waals surface area contributed by atoms with E-state index >= 15 is 13.2 Å². The second-order valence-corrected chi connectivity index (χ2v) is 15.6. The van der Waals surface area contributed by atoms with Crippen molar-refractivity contribution >= 4 is 60.8 Å². The van der Waals surface area contributed by atoms with E-state index in [9.17, 15) is 19.6 Å². The van der Waals surface area contributed by atoms with E-state index in [0.717, 1.165) is 19.0 Å². The van der Waals surface area contributed by atoms with E-state index in [1.807, 2.05) is 6.07 Å². The molecule has 5 aliphatic rings. The SMILES string of the molecule is N#Cc1c(NC(=O)O)sc2c(F)ccc(-c3c(Cl)c4c5c(nc(OC[C@@]67CCCN6C[C@H](F)C7)nc5c3F)N(C3CCOC3)[C@@H](C3(F)CC3)CO4)c12. The largest absolute Gasteiger partial charge is 0.489 e. The van der Waals surface area contributed by atoms with Gasteiger partial charge >= 0.3 is 12.1 Å². The summed E-state index contributed by atoms with van der Waals surface area (Å²) in [5.41, 5.74) is -3.00. The van der Waals surface area contributed by atoms with E-state index in [2.05, 4.69) is 15.2 Å². The van der Waals surface area contributed by atoms with Crippen LogP contribution in [0.5, 0.6) is 11.8 Å². The van der Waals surface area contributed by atoms with Crippen molar-refractivity contribution < 1.29 is 41.7 Å². The zero-order valence-electron chi connectivity index (χ0n) is 27.5. The molecule has 17 heteroatoms. The standard InChI is InChI=1S/C35H31ClF4N6O5S/c36-25-23(18-2-3-20(38)29-22(18)19(11-41)31(52-29)44-33(47)48)26(39)27-24-28(25)50-14-21(35(40)6-7-35)46(17-4-9-49-13-17)30(24)43-32(42-27)51-15-34-5-1-8-45(34)12-16(37)10-34/h2-3,16-17,21,44H,1,4-10,12-15H2,(H,47,48)/t16-,17?,21-,34+/m1/s1. The van der Waals surface area contributed by atoms with E-state index in [1.165, 1.54) is 6.07 Å². The van der Waals surface area contributed by atoms with Gasteiger partial charge in [0.05, 0.1) is 44.9 Å². The van der Waals surface area contributed by atoms with Crippen molar-refractivity contribution in [2.24, 2.45) is 0 Å². The van der Waals surface area contributed by atoms with Crippen LogP contribution in [0, 0.1) is 23.0 Å². The van der Waals surface area contributed by atoms with Gasteiger partial charge in [-0.25, -0.2) is 22.4 Å². The molecule has 0 radical (unpaired) electrons. The fourth-order valence-electron chi connectivity index (χ4n) is 8.59. The van der Waals surface area contributed by atoms with Crippen molar-refractivity contribution in [3.63, 3.8) is 0 Å². The van der Waals surface area contributed by atoms with Crippen LogP contribution in [-0.4, -0.2) is 95.0 Å². The first-order valence-corrected chi connectivity index (χ1v) is 18.3. The zero-order chi connectivity index (χ0) is 36.1. The number of anilines is 2. The predicted molar refractivity (Wildman–Crippen MR) is 184 cm³/mol. The average Bonchev–Trinajstić information content (AvgIpc) is 3.45. The monoisotopic (exact) mass is 758 g/mol. The normalized spacial score (nSPS) is 26.3. The summed E-state index contributed by atoms with van der Waals surface area (Å²) in [6.45, 7) is 1.58. The summed E-state index contributed by atoms with van der Waals surface area (Å²) in [5, 5.41) is 21.3. The summed E-state index contributed by atoms with van der Waals surface area (Å²) in [6, 6.07) is 2.85. The molecule has 0 bridgehead atoms. The Balaban J connectivity index is 1.28. The number of fused-ring (bicyclic) bond motifs is 2.